The third-order valence-electron chi connectivity index (χ3n) is 3.50. The summed E-state index contributed by atoms with van der Waals surface area (Å²) in [6.45, 7) is 9.70. The highest BCUT2D eigenvalue weighted by Crippen LogP contribution is 2.12. The van der Waals surface area contributed by atoms with Crippen molar-refractivity contribution in [1.82, 2.24) is 10.2 Å². The zero-order chi connectivity index (χ0) is 12.9. The molecule has 0 spiro atoms. The molecule has 0 aromatic heterocycles. The van der Waals surface area contributed by atoms with Gasteiger partial charge in [-0.1, -0.05) is 13.8 Å². The van der Waals surface area contributed by atoms with E-state index in [0.717, 1.165) is 32.5 Å². The Balaban J connectivity index is 2.30. The van der Waals surface area contributed by atoms with Crippen molar-refractivity contribution >= 4 is 9.84 Å². The summed E-state index contributed by atoms with van der Waals surface area (Å²) < 4.78 is 22.6. The molecule has 102 valence electrons. The molecule has 1 atom stereocenters. The van der Waals surface area contributed by atoms with Crippen molar-refractivity contribution in [3.8, 4) is 0 Å². The van der Waals surface area contributed by atoms with Crippen LogP contribution in [0.3, 0.4) is 0 Å². The second-order valence-electron chi connectivity index (χ2n) is 4.98. The monoisotopic (exact) mass is 262 g/mol. The van der Waals surface area contributed by atoms with Crippen molar-refractivity contribution < 1.29 is 8.42 Å². The van der Waals surface area contributed by atoms with Crippen molar-refractivity contribution in [2.24, 2.45) is 0 Å². The minimum atomic E-state index is -2.73. The maximum absolute atomic E-state index is 11.3. The van der Waals surface area contributed by atoms with Crippen LogP contribution in [0.25, 0.3) is 0 Å². The molecule has 1 fully saturated rings. The molecular weight excluding hydrogens is 236 g/mol. The third-order valence-corrected chi connectivity index (χ3v) is 5.22. The van der Waals surface area contributed by atoms with Crippen molar-refractivity contribution in [2.75, 3.05) is 31.1 Å². The second kappa shape index (κ2) is 6.71. The van der Waals surface area contributed by atoms with Gasteiger partial charge in [0, 0.05) is 18.6 Å². The van der Waals surface area contributed by atoms with Crippen molar-refractivity contribution in [1.29, 1.82) is 0 Å². The number of hydrogen-bond acceptors (Lipinski definition) is 4. The summed E-state index contributed by atoms with van der Waals surface area (Å²) in [5, 5.41) is 3.55. The molecule has 1 saturated heterocycles. The Hall–Kier alpha value is -0.130. The zero-order valence-corrected chi connectivity index (χ0v) is 12.1. The molecule has 0 aliphatic carbocycles. The lowest BCUT2D eigenvalue weighted by Crippen LogP contribution is -2.46. The Morgan fingerprint density at radius 2 is 1.76 bits per heavy atom. The first-order valence-electron chi connectivity index (χ1n) is 6.65. The Morgan fingerprint density at radius 1 is 1.24 bits per heavy atom. The largest absolute Gasteiger partial charge is 0.310 e. The first kappa shape index (κ1) is 14.9. The number of likely N-dealkylation sites (N-methyl/N-ethyl adjacent to an activating group) is 1. The predicted molar refractivity (Wildman–Crippen MR) is 72.1 cm³/mol. The topological polar surface area (TPSA) is 49.4 Å². The normalized spacial score (nSPS) is 22.8. The summed E-state index contributed by atoms with van der Waals surface area (Å²) in [7, 11) is -2.73. The van der Waals surface area contributed by atoms with Gasteiger partial charge in [0.1, 0.15) is 9.84 Å². The van der Waals surface area contributed by atoms with Crippen LogP contribution in [0, 0.1) is 0 Å². The Morgan fingerprint density at radius 3 is 2.24 bits per heavy atom. The standard InChI is InChI=1S/C12H26N2O2S/c1-4-14(5-2)10-11(3)13-12-6-8-17(15,16)9-7-12/h11-13H,4-10H2,1-3H3. The van der Waals surface area contributed by atoms with Crippen LogP contribution < -0.4 is 5.32 Å². The van der Waals surface area contributed by atoms with E-state index in [4.69, 9.17) is 0 Å². The van der Waals surface area contributed by atoms with E-state index >= 15 is 0 Å². The fourth-order valence-corrected chi connectivity index (χ4v) is 3.87. The van der Waals surface area contributed by atoms with E-state index in [-0.39, 0.29) is 0 Å². The van der Waals surface area contributed by atoms with Gasteiger partial charge >= 0.3 is 0 Å². The van der Waals surface area contributed by atoms with E-state index in [1.807, 2.05) is 0 Å². The molecule has 1 unspecified atom stereocenters. The minimum Gasteiger partial charge on any atom is -0.310 e. The average molecular weight is 262 g/mol. The molecule has 1 aliphatic heterocycles. The van der Waals surface area contributed by atoms with Crippen molar-refractivity contribution in [3.63, 3.8) is 0 Å². The number of rotatable bonds is 6. The third kappa shape index (κ3) is 5.36. The molecule has 17 heavy (non-hydrogen) atoms. The van der Waals surface area contributed by atoms with E-state index in [2.05, 4.69) is 31.0 Å². The highest BCUT2D eigenvalue weighted by atomic mass is 32.2. The van der Waals surface area contributed by atoms with E-state index in [1.54, 1.807) is 0 Å². The SMILES string of the molecule is CCN(CC)CC(C)NC1CCS(=O)(=O)CC1. The Bertz CT molecular complexity index is 298. The Kier molecular flexibility index (Phi) is 5.89. The molecule has 1 rings (SSSR count). The van der Waals surface area contributed by atoms with Gasteiger partial charge in [0.25, 0.3) is 0 Å². The summed E-state index contributed by atoms with van der Waals surface area (Å²) >= 11 is 0. The average Bonchev–Trinajstić information content (AvgIpc) is 2.29. The molecule has 0 aromatic rings. The first-order valence-corrected chi connectivity index (χ1v) is 8.47. The van der Waals surface area contributed by atoms with Crippen LogP contribution in [-0.2, 0) is 9.84 Å². The summed E-state index contributed by atoms with van der Waals surface area (Å²) in [6.07, 6.45) is 1.54. The van der Waals surface area contributed by atoms with Crippen molar-refractivity contribution in [3.05, 3.63) is 0 Å². The summed E-state index contributed by atoms with van der Waals surface area (Å²) in [5.41, 5.74) is 0. The molecule has 5 heteroatoms. The Labute approximate surface area is 106 Å². The minimum absolute atomic E-state index is 0.350. The van der Waals surface area contributed by atoms with Crippen LogP contribution in [0.1, 0.15) is 33.6 Å². The van der Waals surface area contributed by atoms with Gasteiger partial charge in [0.2, 0.25) is 0 Å². The quantitative estimate of drug-likeness (QED) is 0.772. The molecule has 0 amide bonds. The fraction of sp³-hybridized carbons (Fsp3) is 1.00. The molecule has 0 radical (unpaired) electrons. The van der Waals surface area contributed by atoms with Gasteiger partial charge in [-0.05, 0) is 32.9 Å². The van der Waals surface area contributed by atoms with E-state index in [0.29, 0.717) is 23.6 Å². The lowest BCUT2D eigenvalue weighted by Gasteiger charge is -2.29. The lowest BCUT2D eigenvalue weighted by molar-refractivity contribution is 0.258. The molecule has 0 aromatic carbocycles. The molecule has 1 aliphatic rings. The van der Waals surface area contributed by atoms with Gasteiger partial charge in [0.15, 0.2) is 0 Å². The van der Waals surface area contributed by atoms with Gasteiger partial charge in [-0.3, -0.25) is 0 Å². The van der Waals surface area contributed by atoms with E-state index < -0.39 is 9.84 Å². The lowest BCUT2D eigenvalue weighted by atomic mass is 10.1. The highest BCUT2D eigenvalue weighted by Gasteiger charge is 2.24. The second-order valence-corrected chi connectivity index (χ2v) is 7.28. The summed E-state index contributed by atoms with van der Waals surface area (Å²) in [6, 6.07) is 0.810. The maximum atomic E-state index is 11.3. The van der Waals surface area contributed by atoms with Crippen molar-refractivity contribution in [2.45, 2.75) is 45.7 Å². The highest BCUT2D eigenvalue weighted by molar-refractivity contribution is 7.91. The van der Waals surface area contributed by atoms with Crippen LogP contribution in [0.5, 0.6) is 0 Å². The van der Waals surface area contributed by atoms with E-state index in [9.17, 15) is 8.42 Å². The maximum Gasteiger partial charge on any atom is 0.150 e. The zero-order valence-electron chi connectivity index (χ0n) is 11.3. The van der Waals surface area contributed by atoms with Gasteiger partial charge in [-0.2, -0.15) is 0 Å². The predicted octanol–water partition coefficient (Wildman–Crippen LogP) is 0.884. The fourth-order valence-electron chi connectivity index (χ4n) is 2.38. The molecule has 0 saturated carbocycles. The first-order chi connectivity index (χ1) is 7.96. The summed E-state index contributed by atoms with van der Waals surface area (Å²) in [5.74, 6) is 0.700. The number of nitrogens with one attached hydrogen (secondary N) is 1. The molecule has 1 heterocycles. The van der Waals surface area contributed by atoms with E-state index in [1.165, 1.54) is 0 Å². The molecule has 4 nitrogen and oxygen atoms in total. The van der Waals surface area contributed by atoms with Gasteiger partial charge in [-0.15, -0.1) is 0 Å². The molecular formula is C12H26N2O2S. The molecule has 0 bridgehead atoms. The van der Waals surface area contributed by atoms with Crippen LogP contribution in [0.2, 0.25) is 0 Å². The van der Waals surface area contributed by atoms with Crippen LogP contribution in [0.4, 0.5) is 0 Å². The van der Waals surface area contributed by atoms with Gasteiger partial charge in [-0.25, -0.2) is 8.42 Å². The summed E-state index contributed by atoms with van der Waals surface area (Å²) in [4.78, 5) is 2.39. The number of nitrogens with zero attached hydrogens (tertiary/aromatic N) is 1. The smallest absolute Gasteiger partial charge is 0.150 e. The molecule has 1 N–H and O–H groups in total. The van der Waals surface area contributed by atoms with Gasteiger partial charge in [0.05, 0.1) is 11.5 Å². The van der Waals surface area contributed by atoms with Crippen LogP contribution in [0.15, 0.2) is 0 Å². The van der Waals surface area contributed by atoms with Crippen LogP contribution >= 0.6 is 0 Å². The van der Waals surface area contributed by atoms with Crippen LogP contribution in [-0.4, -0.2) is 56.5 Å². The number of sulfone groups is 1. The van der Waals surface area contributed by atoms with Gasteiger partial charge < -0.3 is 10.2 Å². The number of hydrogen-bond donors (Lipinski definition) is 1.